The zero-order valence-corrected chi connectivity index (χ0v) is 26.8. The van der Waals surface area contributed by atoms with Crippen LogP contribution in [0.5, 0.6) is 0 Å². The normalized spacial score (nSPS) is 12.7. The molecule has 0 radical (unpaired) electrons. The summed E-state index contributed by atoms with van der Waals surface area (Å²) in [6.07, 6.45) is 6.24. The van der Waals surface area contributed by atoms with Gasteiger partial charge in [-0.05, 0) is 110 Å². The molecule has 0 bridgehead atoms. The van der Waals surface area contributed by atoms with Gasteiger partial charge in [-0.1, -0.05) is 136 Å². The third kappa shape index (κ3) is 4.34. The maximum Gasteiger partial charge on any atom is 0.0785 e. The summed E-state index contributed by atoms with van der Waals surface area (Å²) in [6, 6.07) is 36.1. The van der Waals surface area contributed by atoms with Crippen molar-refractivity contribution in [3.8, 4) is 22.3 Å². The Morgan fingerprint density at radius 2 is 1.16 bits per heavy atom. The summed E-state index contributed by atoms with van der Waals surface area (Å²) in [7, 11) is 0.500. The molecule has 0 heterocycles. The molecule has 0 saturated carbocycles. The maximum absolute atomic E-state index is 9.50. The van der Waals surface area contributed by atoms with Crippen molar-refractivity contribution < 1.29 is 4.39 Å². The Balaban J connectivity index is 0.000000924. The number of alkyl halides is 1. The molecule has 2 aliphatic carbocycles. The molecule has 0 saturated heterocycles. The van der Waals surface area contributed by atoms with E-state index in [0.717, 1.165) is 11.1 Å². The number of fused-ring (bicyclic) bond motifs is 10. The summed E-state index contributed by atoms with van der Waals surface area (Å²) in [5, 5.41) is 0. The van der Waals surface area contributed by atoms with Crippen LogP contribution in [0, 0.1) is 13.8 Å². The largest absolute Gasteiger partial charge is 0.255 e. The van der Waals surface area contributed by atoms with Crippen molar-refractivity contribution in [2.75, 3.05) is 7.18 Å². The quantitative estimate of drug-likeness (QED) is 0.195. The van der Waals surface area contributed by atoms with Gasteiger partial charge in [0, 0.05) is 0 Å². The van der Waals surface area contributed by atoms with Crippen LogP contribution in [0.2, 0.25) is 0 Å². The Hall–Kier alpha value is -4.75. The minimum atomic E-state index is -0.317. The van der Waals surface area contributed by atoms with Crippen LogP contribution in [0.4, 0.5) is 4.39 Å². The van der Waals surface area contributed by atoms with E-state index in [0.29, 0.717) is 7.18 Å². The van der Waals surface area contributed by atoms with E-state index >= 15 is 0 Å². The van der Waals surface area contributed by atoms with Crippen LogP contribution in [-0.2, 0) is 5.41 Å². The molecule has 0 N–H and O–H groups in total. The van der Waals surface area contributed by atoms with E-state index in [2.05, 4.69) is 143 Å². The fraction of sp³-hybridized carbons (Fsp3) is 0.163. The second-order valence-corrected chi connectivity index (χ2v) is 11.0. The predicted molar refractivity (Wildman–Crippen MR) is 190 cm³/mol. The van der Waals surface area contributed by atoms with E-state index in [4.69, 9.17) is 0 Å². The van der Waals surface area contributed by atoms with Crippen LogP contribution < -0.4 is 0 Å². The number of halogens is 1. The van der Waals surface area contributed by atoms with E-state index in [1.807, 2.05) is 19.9 Å². The van der Waals surface area contributed by atoms with Gasteiger partial charge in [0.25, 0.3) is 0 Å². The SMILES string of the molecule is C=Cc1ccc(C(=C)c2cc3c(cc2C)C2(c4ccccc4-c4ccccc42)c2ccccc2-3)c(/C=C\C)c1C.CC.CF. The Bertz CT molecular complexity index is 1870. The number of rotatable bonds is 4. The molecular formula is C43H41F. The lowest BCUT2D eigenvalue weighted by atomic mass is 9.70. The molecule has 2 aliphatic rings. The summed E-state index contributed by atoms with van der Waals surface area (Å²) < 4.78 is 9.50. The maximum atomic E-state index is 9.50. The highest BCUT2D eigenvalue weighted by Gasteiger charge is 2.51. The smallest absolute Gasteiger partial charge is 0.0785 e. The molecule has 220 valence electrons. The first-order valence-corrected chi connectivity index (χ1v) is 15.4. The molecule has 0 aliphatic heterocycles. The fourth-order valence-electron chi connectivity index (χ4n) is 7.33. The summed E-state index contributed by atoms with van der Waals surface area (Å²) in [5.41, 5.74) is 18.7. The average molecular weight is 577 g/mol. The number of hydrogen-bond donors (Lipinski definition) is 0. The highest BCUT2D eigenvalue weighted by Crippen LogP contribution is 2.63. The molecule has 5 aromatic carbocycles. The zero-order valence-electron chi connectivity index (χ0n) is 26.8. The first-order chi connectivity index (χ1) is 21.5. The molecule has 5 aromatic rings. The Labute approximate surface area is 263 Å². The zero-order chi connectivity index (χ0) is 31.6. The number of allylic oxidation sites excluding steroid dienone is 1. The summed E-state index contributed by atoms with van der Waals surface area (Å²) >= 11 is 0. The summed E-state index contributed by atoms with van der Waals surface area (Å²) in [5.74, 6) is 0. The molecule has 1 spiro atoms. The highest BCUT2D eigenvalue weighted by atomic mass is 19.1. The third-order valence-electron chi connectivity index (χ3n) is 9.10. The van der Waals surface area contributed by atoms with E-state index in [9.17, 15) is 4.39 Å². The highest BCUT2D eigenvalue weighted by molar-refractivity contribution is 5.97. The van der Waals surface area contributed by atoms with E-state index in [1.54, 1.807) is 0 Å². The first-order valence-electron chi connectivity index (χ1n) is 15.4. The molecule has 0 atom stereocenters. The van der Waals surface area contributed by atoms with Crippen LogP contribution >= 0.6 is 0 Å². The lowest BCUT2D eigenvalue weighted by Gasteiger charge is -2.31. The number of aryl methyl sites for hydroxylation is 1. The lowest BCUT2D eigenvalue weighted by molar-refractivity contribution is 0.636. The summed E-state index contributed by atoms with van der Waals surface area (Å²) in [4.78, 5) is 0. The molecule has 44 heavy (non-hydrogen) atoms. The molecular weight excluding hydrogens is 535 g/mol. The average Bonchev–Trinajstić information content (AvgIpc) is 3.53. The molecule has 0 nitrogen and oxygen atoms in total. The second-order valence-electron chi connectivity index (χ2n) is 11.0. The van der Waals surface area contributed by atoms with E-state index in [1.165, 1.54) is 72.3 Å². The second kappa shape index (κ2) is 12.5. The predicted octanol–water partition coefficient (Wildman–Crippen LogP) is 12.0. The van der Waals surface area contributed by atoms with Crippen LogP contribution in [-0.4, -0.2) is 7.18 Å². The van der Waals surface area contributed by atoms with Crippen molar-refractivity contribution in [1.82, 2.24) is 0 Å². The van der Waals surface area contributed by atoms with Crippen LogP contribution in [0.15, 0.2) is 116 Å². The fourth-order valence-corrected chi connectivity index (χ4v) is 7.33. The summed E-state index contributed by atoms with van der Waals surface area (Å²) in [6.45, 7) is 19.2. The van der Waals surface area contributed by atoms with E-state index < -0.39 is 0 Å². The van der Waals surface area contributed by atoms with Crippen LogP contribution in [0.1, 0.15) is 76.4 Å². The molecule has 7 rings (SSSR count). The van der Waals surface area contributed by atoms with Gasteiger partial charge in [0.2, 0.25) is 0 Å². The first kappa shape index (κ1) is 30.7. The van der Waals surface area contributed by atoms with Crippen molar-refractivity contribution in [2.24, 2.45) is 0 Å². The number of hydrogen-bond acceptors (Lipinski definition) is 0. The topological polar surface area (TPSA) is 0 Å². The molecule has 0 amide bonds. The molecule has 1 heteroatoms. The van der Waals surface area contributed by atoms with Crippen LogP contribution in [0.3, 0.4) is 0 Å². The van der Waals surface area contributed by atoms with E-state index in [-0.39, 0.29) is 5.41 Å². The Kier molecular flexibility index (Phi) is 8.70. The van der Waals surface area contributed by atoms with Gasteiger partial charge in [-0.3, -0.25) is 4.39 Å². The molecule has 0 fully saturated rings. The van der Waals surface area contributed by atoms with Crippen molar-refractivity contribution in [3.63, 3.8) is 0 Å². The number of benzene rings is 5. The van der Waals surface area contributed by atoms with Crippen molar-refractivity contribution in [2.45, 2.75) is 40.0 Å². The minimum Gasteiger partial charge on any atom is -0.255 e. The van der Waals surface area contributed by atoms with Gasteiger partial charge in [0.05, 0.1) is 12.6 Å². The molecule has 0 unspecified atom stereocenters. The van der Waals surface area contributed by atoms with Gasteiger partial charge >= 0.3 is 0 Å². The lowest BCUT2D eigenvalue weighted by Crippen LogP contribution is -2.26. The monoisotopic (exact) mass is 576 g/mol. The van der Waals surface area contributed by atoms with Gasteiger partial charge in [-0.15, -0.1) is 0 Å². The van der Waals surface area contributed by atoms with Crippen molar-refractivity contribution >= 4 is 17.7 Å². The Morgan fingerprint density at radius 3 is 1.66 bits per heavy atom. The Morgan fingerprint density at radius 1 is 0.659 bits per heavy atom. The standard InChI is InChI=1S/C40H32.C2H6.CH3F/c1-6-14-29-26(4)28(7-2)21-22-30(29)27(5)34-24-35-33-17-10-13-20-38(33)40(39(35)23-25(34)3)36-18-11-8-15-31(36)32-16-9-12-19-37(32)40;2*1-2/h6-24H,2,5H2,1,3-4H3;1-2H3;1H3/b14-6-;;. The van der Waals surface area contributed by atoms with Crippen molar-refractivity contribution in [1.29, 1.82) is 0 Å². The third-order valence-corrected chi connectivity index (χ3v) is 9.10. The van der Waals surface area contributed by atoms with Gasteiger partial charge in [0.15, 0.2) is 0 Å². The van der Waals surface area contributed by atoms with Crippen molar-refractivity contribution in [3.05, 3.63) is 172 Å². The molecule has 0 aromatic heterocycles. The van der Waals surface area contributed by atoms with Gasteiger partial charge in [-0.25, -0.2) is 0 Å². The van der Waals surface area contributed by atoms with Gasteiger partial charge < -0.3 is 0 Å². The van der Waals surface area contributed by atoms with Gasteiger partial charge in [-0.2, -0.15) is 0 Å². The van der Waals surface area contributed by atoms with Crippen LogP contribution in [0.25, 0.3) is 40.0 Å². The van der Waals surface area contributed by atoms with Gasteiger partial charge in [0.1, 0.15) is 0 Å². The minimum absolute atomic E-state index is 0.317.